The van der Waals surface area contributed by atoms with E-state index in [2.05, 4.69) is 9.97 Å². The first-order chi connectivity index (χ1) is 9.69. The van der Waals surface area contributed by atoms with Crippen molar-refractivity contribution in [2.45, 2.75) is 20.3 Å². The van der Waals surface area contributed by atoms with Gasteiger partial charge < -0.3 is 9.47 Å². The van der Waals surface area contributed by atoms with Gasteiger partial charge in [0.05, 0.1) is 5.69 Å². The molecule has 4 nitrogen and oxygen atoms in total. The van der Waals surface area contributed by atoms with Crippen LogP contribution < -0.4 is 9.47 Å². The molecular weight excluding hydrogens is 276 g/mol. The van der Waals surface area contributed by atoms with Crippen LogP contribution in [-0.2, 0) is 6.42 Å². The van der Waals surface area contributed by atoms with E-state index >= 15 is 0 Å². The van der Waals surface area contributed by atoms with Crippen LogP contribution in [0.25, 0.3) is 11.3 Å². The van der Waals surface area contributed by atoms with Crippen LogP contribution in [0.3, 0.4) is 0 Å². The Morgan fingerprint density at radius 1 is 1.15 bits per heavy atom. The van der Waals surface area contributed by atoms with Crippen LogP contribution in [0.2, 0.25) is 5.15 Å². The predicted molar refractivity (Wildman–Crippen MR) is 77.6 cm³/mol. The molecule has 0 bridgehead atoms. The first-order valence-electron chi connectivity index (χ1n) is 6.62. The molecule has 5 heteroatoms. The molecule has 0 amide bonds. The Morgan fingerprint density at radius 2 is 1.90 bits per heavy atom. The molecule has 0 atom stereocenters. The summed E-state index contributed by atoms with van der Waals surface area (Å²) in [5.41, 5.74) is 2.69. The minimum Gasteiger partial charge on any atom is -0.486 e. The predicted octanol–water partition coefficient (Wildman–Crippen LogP) is 3.44. The zero-order chi connectivity index (χ0) is 14.1. The SMILES string of the molecule is CCc1nc(Cl)c(C)c(-c2ccc3c(c2)OCCO3)n1. The molecule has 0 N–H and O–H groups in total. The van der Waals surface area contributed by atoms with E-state index in [0.717, 1.165) is 40.6 Å². The van der Waals surface area contributed by atoms with Gasteiger partial charge in [0.1, 0.15) is 24.2 Å². The van der Waals surface area contributed by atoms with Gasteiger partial charge >= 0.3 is 0 Å². The van der Waals surface area contributed by atoms with Gasteiger partial charge in [-0.05, 0) is 25.1 Å². The lowest BCUT2D eigenvalue weighted by Crippen LogP contribution is -2.15. The largest absolute Gasteiger partial charge is 0.486 e. The average molecular weight is 291 g/mol. The first-order valence-corrected chi connectivity index (χ1v) is 7.00. The molecule has 0 unspecified atom stereocenters. The second-order valence-electron chi connectivity index (χ2n) is 4.62. The second-order valence-corrected chi connectivity index (χ2v) is 4.97. The van der Waals surface area contributed by atoms with Crippen molar-refractivity contribution < 1.29 is 9.47 Å². The number of fused-ring (bicyclic) bond motifs is 1. The Labute approximate surface area is 122 Å². The molecule has 0 saturated heterocycles. The molecule has 1 aliphatic rings. The molecule has 0 saturated carbocycles. The molecule has 0 aliphatic carbocycles. The molecule has 0 radical (unpaired) electrons. The van der Waals surface area contributed by atoms with Gasteiger partial charge in [0, 0.05) is 17.5 Å². The van der Waals surface area contributed by atoms with Crippen LogP contribution in [0, 0.1) is 6.92 Å². The lowest BCUT2D eigenvalue weighted by atomic mass is 10.1. The molecule has 1 aliphatic heterocycles. The zero-order valence-electron chi connectivity index (χ0n) is 11.4. The number of rotatable bonds is 2. The molecule has 0 fully saturated rings. The normalized spacial score (nSPS) is 13.3. The molecule has 0 spiro atoms. The number of halogens is 1. The van der Waals surface area contributed by atoms with Crippen LogP contribution in [0.4, 0.5) is 0 Å². The summed E-state index contributed by atoms with van der Waals surface area (Å²) in [4.78, 5) is 8.84. The third-order valence-corrected chi connectivity index (χ3v) is 3.63. The van der Waals surface area contributed by atoms with Crippen molar-refractivity contribution in [3.05, 3.63) is 34.7 Å². The van der Waals surface area contributed by atoms with Crippen LogP contribution in [0.1, 0.15) is 18.3 Å². The highest BCUT2D eigenvalue weighted by molar-refractivity contribution is 6.30. The van der Waals surface area contributed by atoms with Gasteiger partial charge in [-0.2, -0.15) is 0 Å². The Balaban J connectivity index is 2.11. The van der Waals surface area contributed by atoms with Crippen LogP contribution in [0.5, 0.6) is 11.5 Å². The molecule has 3 rings (SSSR count). The van der Waals surface area contributed by atoms with Gasteiger partial charge in [-0.3, -0.25) is 0 Å². The molecule has 2 heterocycles. The molecular formula is C15H15ClN2O2. The summed E-state index contributed by atoms with van der Waals surface area (Å²) in [6, 6.07) is 5.82. The van der Waals surface area contributed by atoms with E-state index in [1.165, 1.54) is 0 Å². The van der Waals surface area contributed by atoms with E-state index < -0.39 is 0 Å². The maximum atomic E-state index is 6.18. The smallest absolute Gasteiger partial charge is 0.162 e. The Bertz CT molecular complexity index is 659. The maximum Gasteiger partial charge on any atom is 0.162 e. The number of nitrogens with zero attached hydrogens (tertiary/aromatic N) is 2. The van der Waals surface area contributed by atoms with Crippen molar-refractivity contribution >= 4 is 11.6 Å². The quantitative estimate of drug-likeness (QED) is 0.795. The lowest BCUT2D eigenvalue weighted by molar-refractivity contribution is 0.171. The minimum absolute atomic E-state index is 0.502. The van der Waals surface area contributed by atoms with E-state index in [9.17, 15) is 0 Å². The van der Waals surface area contributed by atoms with Crippen LogP contribution in [0.15, 0.2) is 18.2 Å². The number of benzene rings is 1. The van der Waals surface area contributed by atoms with Gasteiger partial charge in [-0.1, -0.05) is 18.5 Å². The van der Waals surface area contributed by atoms with E-state index in [1.54, 1.807) is 0 Å². The van der Waals surface area contributed by atoms with E-state index in [-0.39, 0.29) is 0 Å². The standard InChI is InChI=1S/C15H15ClN2O2/c1-3-13-17-14(9(2)15(16)18-13)10-4-5-11-12(8-10)20-7-6-19-11/h4-5,8H,3,6-7H2,1-2H3. The van der Waals surface area contributed by atoms with Crippen molar-refractivity contribution in [2.24, 2.45) is 0 Å². The molecule has 1 aromatic carbocycles. The van der Waals surface area contributed by atoms with Gasteiger partial charge in [-0.25, -0.2) is 9.97 Å². The fourth-order valence-corrected chi connectivity index (χ4v) is 2.35. The third-order valence-electron chi connectivity index (χ3n) is 3.26. The van der Waals surface area contributed by atoms with Gasteiger partial charge in [0.15, 0.2) is 11.5 Å². The van der Waals surface area contributed by atoms with E-state index in [0.29, 0.717) is 18.4 Å². The summed E-state index contributed by atoms with van der Waals surface area (Å²) in [6.45, 7) is 5.09. The summed E-state index contributed by atoms with van der Waals surface area (Å²) < 4.78 is 11.1. The van der Waals surface area contributed by atoms with E-state index in [4.69, 9.17) is 21.1 Å². The second kappa shape index (κ2) is 5.29. The number of aromatic nitrogens is 2. The summed E-state index contributed by atoms with van der Waals surface area (Å²) in [7, 11) is 0. The summed E-state index contributed by atoms with van der Waals surface area (Å²) in [5.74, 6) is 2.26. The highest BCUT2D eigenvalue weighted by Crippen LogP contribution is 2.35. The average Bonchev–Trinajstić information content (AvgIpc) is 2.49. The molecule has 20 heavy (non-hydrogen) atoms. The molecule has 2 aromatic rings. The van der Waals surface area contributed by atoms with Gasteiger partial charge in [-0.15, -0.1) is 0 Å². The molecule has 104 valence electrons. The summed E-state index contributed by atoms with van der Waals surface area (Å²) in [6.07, 6.45) is 0.748. The van der Waals surface area contributed by atoms with Crippen LogP contribution >= 0.6 is 11.6 Å². The van der Waals surface area contributed by atoms with Gasteiger partial charge in [0.2, 0.25) is 0 Å². The van der Waals surface area contributed by atoms with Crippen molar-refractivity contribution in [2.75, 3.05) is 13.2 Å². The highest BCUT2D eigenvalue weighted by atomic mass is 35.5. The van der Waals surface area contributed by atoms with Crippen LogP contribution in [-0.4, -0.2) is 23.2 Å². The summed E-state index contributed by atoms with van der Waals surface area (Å²) in [5, 5.41) is 0.502. The topological polar surface area (TPSA) is 44.2 Å². The van der Waals surface area contributed by atoms with Crippen molar-refractivity contribution in [3.63, 3.8) is 0 Å². The Hall–Kier alpha value is -1.81. The number of hydrogen-bond acceptors (Lipinski definition) is 4. The maximum absolute atomic E-state index is 6.18. The monoisotopic (exact) mass is 290 g/mol. The van der Waals surface area contributed by atoms with E-state index in [1.807, 2.05) is 32.0 Å². The molecule has 1 aromatic heterocycles. The van der Waals surface area contributed by atoms with Crippen molar-refractivity contribution in [1.82, 2.24) is 9.97 Å². The zero-order valence-corrected chi connectivity index (χ0v) is 12.2. The lowest BCUT2D eigenvalue weighted by Gasteiger charge is -2.19. The summed E-state index contributed by atoms with van der Waals surface area (Å²) >= 11 is 6.18. The van der Waals surface area contributed by atoms with Crippen molar-refractivity contribution in [1.29, 1.82) is 0 Å². The first kappa shape index (κ1) is 13.2. The minimum atomic E-state index is 0.502. The third kappa shape index (κ3) is 2.31. The van der Waals surface area contributed by atoms with Crippen molar-refractivity contribution in [3.8, 4) is 22.8 Å². The van der Waals surface area contributed by atoms with Gasteiger partial charge in [0.25, 0.3) is 0 Å². The highest BCUT2D eigenvalue weighted by Gasteiger charge is 2.16. The Kier molecular flexibility index (Phi) is 3.49. The Morgan fingerprint density at radius 3 is 2.65 bits per heavy atom. The fourth-order valence-electron chi connectivity index (χ4n) is 2.16. The number of aryl methyl sites for hydroxylation is 1. The number of ether oxygens (including phenoxy) is 2. The fraction of sp³-hybridized carbons (Fsp3) is 0.333. The number of hydrogen-bond donors (Lipinski definition) is 0.